The van der Waals surface area contributed by atoms with Gasteiger partial charge in [-0.05, 0) is 41.5 Å². The van der Waals surface area contributed by atoms with Crippen LogP contribution in [0.4, 0.5) is 0 Å². The Morgan fingerprint density at radius 2 is 1.60 bits per heavy atom. The fraction of sp³-hybridized carbons (Fsp3) is 0.0455. The zero-order chi connectivity index (χ0) is 17.1. The third-order valence-electron chi connectivity index (χ3n) is 4.04. The number of hydrogen-bond donors (Lipinski definition) is 0. The van der Waals surface area contributed by atoms with Gasteiger partial charge in [0.1, 0.15) is 10.8 Å². The average molecular weight is 343 g/mol. The standard InChI is InChI=1S/C22H17NOS/c1-24-18-13-11-16(12-14-18)15-19(17-7-3-2-4-8-17)22-23-20-9-5-6-10-21(20)25-22/h2-15H,1H3/b19-15+. The maximum Gasteiger partial charge on any atom is 0.125 e. The van der Waals surface area contributed by atoms with Crippen LogP contribution in [0.1, 0.15) is 16.1 Å². The minimum atomic E-state index is 0.860. The normalized spacial score (nSPS) is 11.6. The molecule has 0 saturated carbocycles. The van der Waals surface area contributed by atoms with E-state index in [-0.39, 0.29) is 0 Å². The molecule has 1 heterocycles. The molecule has 4 aromatic rings. The molecule has 0 aliphatic carbocycles. The first-order valence-corrected chi connectivity index (χ1v) is 8.92. The number of ether oxygens (including phenoxy) is 1. The monoisotopic (exact) mass is 343 g/mol. The van der Waals surface area contributed by atoms with E-state index in [0.717, 1.165) is 33.0 Å². The molecule has 1 aromatic heterocycles. The second kappa shape index (κ2) is 6.91. The van der Waals surface area contributed by atoms with E-state index in [1.54, 1.807) is 18.4 Å². The van der Waals surface area contributed by atoms with Crippen LogP contribution in [-0.4, -0.2) is 12.1 Å². The van der Waals surface area contributed by atoms with Crippen molar-refractivity contribution in [3.8, 4) is 5.75 Å². The Balaban J connectivity index is 1.85. The Kier molecular flexibility index (Phi) is 4.32. The minimum absolute atomic E-state index is 0.860. The molecule has 25 heavy (non-hydrogen) atoms. The molecule has 3 aromatic carbocycles. The van der Waals surface area contributed by atoms with Crippen LogP contribution in [0.2, 0.25) is 0 Å². The first-order chi connectivity index (χ1) is 12.3. The van der Waals surface area contributed by atoms with Crippen molar-refractivity contribution in [3.05, 3.63) is 95.0 Å². The Morgan fingerprint density at radius 1 is 0.880 bits per heavy atom. The first kappa shape index (κ1) is 15.6. The summed E-state index contributed by atoms with van der Waals surface area (Å²) in [6, 6.07) is 26.8. The summed E-state index contributed by atoms with van der Waals surface area (Å²) in [7, 11) is 1.68. The Morgan fingerprint density at radius 3 is 2.32 bits per heavy atom. The van der Waals surface area contributed by atoms with E-state index in [4.69, 9.17) is 9.72 Å². The van der Waals surface area contributed by atoms with E-state index in [1.165, 1.54) is 4.70 Å². The number of benzene rings is 3. The van der Waals surface area contributed by atoms with Crippen molar-refractivity contribution in [2.75, 3.05) is 7.11 Å². The lowest BCUT2D eigenvalue weighted by Crippen LogP contribution is -1.88. The van der Waals surface area contributed by atoms with Gasteiger partial charge in [0.15, 0.2) is 0 Å². The van der Waals surface area contributed by atoms with Crippen LogP contribution >= 0.6 is 11.3 Å². The van der Waals surface area contributed by atoms with Crippen LogP contribution in [-0.2, 0) is 0 Å². The number of fused-ring (bicyclic) bond motifs is 1. The number of aromatic nitrogens is 1. The molecule has 4 rings (SSSR count). The number of thiazole rings is 1. The van der Waals surface area contributed by atoms with E-state index in [0.29, 0.717) is 0 Å². The Labute approximate surface area is 151 Å². The highest BCUT2D eigenvalue weighted by atomic mass is 32.1. The van der Waals surface area contributed by atoms with Crippen molar-refractivity contribution in [1.29, 1.82) is 0 Å². The van der Waals surface area contributed by atoms with Gasteiger partial charge in [-0.2, -0.15) is 0 Å². The molecule has 3 heteroatoms. The first-order valence-electron chi connectivity index (χ1n) is 8.10. The summed E-state index contributed by atoms with van der Waals surface area (Å²) >= 11 is 1.72. The van der Waals surface area contributed by atoms with E-state index in [9.17, 15) is 0 Å². The molecule has 0 spiro atoms. The highest BCUT2D eigenvalue weighted by molar-refractivity contribution is 7.19. The van der Waals surface area contributed by atoms with E-state index in [1.807, 2.05) is 24.3 Å². The maximum absolute atomic E-state index is 5.25. The molecule has 2 nitrogen and oxygen atoms in total. The topological polar surface area (TPSA) is 22.1 Å². The van der Waals surface area contributed by atoms with E-state index >= 15 is 0 Å². The summed E-state index contributed by atoms with van der Waals surface area (Å²) in [6.07, 6.45) is 2.19. The fourth-order valence-electron chi connectivity index (χ4n) is 2.74. The van der Waals surface area contributed by atoms with Gasteiger partial charge in [0.25, 0.3) is 0 Å². The predicted octanol–water partition coefficient (Wildman–Crippen LogP) is 5.89. The van der Waals surface area contributed by atoms with Crippen molar-refractivity contribution >= 4 is 33.2 Å². The zero-order valence-electron chi connectivity index (χ0n) is 13.8. The number of nitrogens with zero attached hydrogens (tertiary/aromatic N) is 1. The summed E-state index contributed by atoms with van der Waals surface area (Å²) in [5, 5.41) is 1.03. The van der Waals surface area contributed by atoms with Crippen LogP contribution < -0.4 is 4.74 Å². The molecule has 0 saturated heterocycles. The highest BCUT2D eigenvalue weighted by Crippen LogP contribution is 2.32. The van der Waals surface area contributed by atoms with Crippen molar-refractivity contribution in [2.45, 2.75) is 0 Å². The molecule has 122 valence electrons. The zero-order valence-corrected chi connectivity index (χ0v) is 14.7. The molecular weight excluding hydrogens is 326 g/mol. The highest BCUT2D eigenvalue weighted by Gasteiger charge is 2.11. The summed E-state index contributed by atoms with van der Waals surface area (Å²) in [5.74, 6) is 0.860. The van der Waals surface area contributed by atoms with Gasteiger partial charge in [-0.25, -0.2) is 4.98 Å². The second-order valence-corrected chi connectivity index (χ2v) is 6.71. The maximum atomic E-state index is 5.25. The molecule has 0 aliphatic heterocycles. The van der Waals surface area contributed by atoms with Crippen LogP contribution in [0, 0.1) is 0 Å². The minimum Gasteiger partial charge on any atom is -0.497 e. The smallest absolute Gasteiger partial charge is 0.125 e. The third kappa shape index (κ3) is 3.32. The largest absolute Gasteiger partial charge is 0.497 e. The Bertz CT molecular complexity index is 984. The van der Waals surface area contributed by atoms with E-state index < -0.39 is 0 Å². The molecule has 0 fully saturated rings. The molecule has 0 aliphatic rings. The number of methoxy groups -OCH3 is 1. The van der Waals surface area contributed by atoms with Crippen molar-refractivity contribution in [1.82, 2.24) is 4.98 Å². The van der Waals surface area contributed by atoms with Crippen LogP contribution in [0.25, 0.3) is 21.9 Å². The van der Waals surface area contributed by atoms with Gasteiger partial charge in [0.05, 0.1) is 17.3 Å². The Hall–Kier alpha value is -2.91. The lowest BCUT2D eigenvalue weighted by Gasteiger charge is -2.06. The van der Waals surface area contributed by atoms with Gasteiger partial charge in [0.2, 0.25) is 0 Å². The van der Waals surface area contributed by atoms with Gasteiger partial charge in [-0.1, -0.05) is 54.6 Å². The molecule has 0 N–H and O–H groups in total. The third-order valence-corrected chi connectivity index (χ3v) is 5.11. The van der Waals surface area contributed by atoms with Gasteiger partial charge in [0, 0.05) is 5.57 Å². The van der Waals surface area contributed by atoms with E-state index in [2.05, 4.69) is 60.7 Å². The molecular formula is C22H17NOS. The van der Waals surface area contributed by atoms with Crippen LogP contribution in [0.5, 0.6) is 5.75 Å². The van der Waals surface area contributed by atoms with Crippen molar-refractivity contribution < 1.29 is 4.74 Å². The summed E-state index contributed by atoms with van der Waals surface area (Å²) < 4.78 is 6.46. The van der Waals surface area contributed by atoms with Gasteiger partial charge in [-0.15, -0.1) is 11.3 Å². The van der Waals surface area contributed by atoms with Crippen LogP contribution in [0.15, 0.2) is 78.9 Å². The van der Waals surface area contributed by atoms with Crippen molar-refractivity contribution in [2.24, 2.45) is 0 Å². The van der Waals surface area contributed by atoms with Gasteiger partial charge >= 0.3 is 0 Å². The summed E-state index contributed by atoms with van der Waals surface area (Å²) in [6.45, 7) is 0. The average Bonchev–Trinajstić information content (AvgIpc) is 3.11. The molecule has 0 amide bonds. The number of para-hydroxylation sites is 1. The number of rotatable bonds is 4. The second-order valence-electron chi connectivity index (χ2n) is 5.68. The molecule has 0 radical (unpaired) electrons. The molecule has 0 atom stereocenters. The quantitative estimate of drug-likeness (QED) is 0.431. The predicted molar refractivity (Wildman–Crippen MR) is 106 cm³/mol. The molecule has 0 bridgehead atoms. The van der Waals surface area contributed by atoms with Crippen molar-refractivity contribution in [3.63, 3.8) is 0 Å². The summed E-state index contributed by atoms with van der Waals surface area (Å²) in [5.41, 5.74) is 4.46. The number of hydrogen-bond acceptors (Lipinski definition) is 3. The van der Waals surface area contributed by atoms with Gasteiger partial charge < -0.3 is 4.74 Å². The van der Waals surface area contributed by atoms with Gasteiger partial charge in [-0.3, -0.25) is 0 Å². The summed E-state index contributed by atoms with van der Waals surface area (Å²) in [4.78, 5) is 4.84. The lowest BCUT2D eigenvalue weighted by molar-refractivity contribution is 0.415. The SMILES string of the molecule is COc1ccc(/C=C(\c2ccccc2)c2nc3ccccc3s2)cc1. The molecule has 0 unspecified atom stereocenters. The lowest BCUT2D eigenvalue weighted by atomic mass is 10.0. The fourth-order valence-corrected chi connectivity index (χ4v) is 3.74. The van der Waals surface area contributed by atoms with Crippen LogP contribution in [0.3, 0.4) is 0 Å².